The molecule has 0 saturated carbocycles. The summed E-state index contributed by atoms with van der Waals surface area (Å²) in [4.78, 5) is 24.1. The van der Waals surface area contributed by atoms with Crippen molar-refractivity contribution in [3.63, 3.8) is 0 Å². The Morgan fingerprint density at radius 1 is 1.24 bits per heavy atom. The van der Waals surface area contributed by atoms with Crippen LogP contribution >= 0.6 is 0 Å². The van der Waals surface area contributed by atoms with Crippen molar-refractivity contribution >= 4 is 5.97 Å². The Labute approximate surface area is 145 Å². The fourth-order valence-electron chi connectivity index (χ4n) is 2.43. The molecule has 0 aliphatic rings. The van der Waals surface area contributed by atoms with Crippen LogP contribution in [0.15, 0.2) is 42.9 Å². The van der Waals surface area contributed by atoms with Gasteiger partial charge in [-0.3, -0.25) is 4.57 Å². The number of carboxylic acids is 1. The number of imidazole rings is 1. The summed E-state index contributed by atoms with van der Waals surface area (Å²) in [5, 5.41) is 9.05. The maximum atomic E-state index is 11.0. The van der Waals surface area contributed by atoms with Crippen LogP contribution in [-0.2, 0) is 6.42 Å². The molecule has 0 saturated heterocycles. The molecular formula is C18H18N4O3. The predicted octanol–water partition coefficient (Wildman–Crippen LogP) is 2.99. The Hall–Kier alpha value is -3.22. The van der Waals surface area contributed by atoms with E-state index in [0.29, 0.717) is 11.6 Å². The predicted molar refractivity (Wildman–Crippen MR) is 92.1 cm³/mol. The van der Waals surface area contributed by atoms with Gasteiger partial charge in [-0.2, -0.15) is 0 Å². The minimum atomic E-state index is -1.07. The van der Waals surface area contributed by atoms with Crippen LogP contribution in [0.4, 0.5) is 0 Å². The second kappa shape index (κ2) is 7.12. The van der Waals surface area contributed by atoms with Crippen LogP contribution in [0.2, 0.25) is 0 Å². The lowest BCUT2D eigenvalue weighted by Gasteiger charge is -2.09. The molecule has 7 heteroatoms. The van der Waals surface area contributed by atoms with Crippen LogP contribution in [-0.4, -0.2) is 37.7 Å². The lowest BCUT2D eigenvalue weighted by Crippen LogP contribution is -2.03. The first-order valence-electron chi connectivity index (χ1n) is 7.90. The van der Waals surface area contributed by atoms with Gasteiger partial charge in [-0.15, -0.1) is 0 Å². The van der Waals surface area contributed by atoms with Crippen LogP contribution < -0.4 is 4.74 Å². The number of ether oxygens (including phenoxy) is 1. The highest BCUT2D eigenvalue weighted by molar-refractivity contribution is 5.85. The molecule has 0 unspecified atom stereocenters. The average Bonchev–Trinajstić information content (AvgIpc) is 3.12. The summed E-state index contributed by atoms with van der Waals surface area (Å²) in [5.41, 5.74) is 1.73. The van der Waals surface area contributed by atoms with Gasteiger partial charge in [0.05, 0.1) is 7.11 Å². The number of nitrogens with zero attached hydrogens (tertiary/aromatic N) is 4. The van der Waals surface area contributed by atoms with Gasteiger partial charge in [0.15, 0.2) is 11.5 Å². The van der Waals surface area contributed by atoms with Crippen molar-refractivity contribution in [3.05, 3.63) is 54.2 Å². The zero-order valence-electron chi connectivity index (χ0n) is 14.0. The molecule has 0 bridgehead atoms. The highest BCUT2D eigenvalue weighted by Crippen LogP contribution is 2.21. The first-order valence-corrected chi connectivity index (χ1v) is 7.90. The van der Waals surface area contributed by atoms with E-state index in [0.717, 1.165) is 29.8 Å². The second-order valence-corrected chi connectivity index (χ2v) is 5.49. The number of hydrogen-bond acceptors (Lipinski definition) is 5. The number of rotatable bonds is 6. The Bertz CT molecular complexity index is 888. The number of hydrogen-bond donors (Lipinski definition) is 1. The summed E-state index contributed by atoms with van der Waals surface area (Å²) in [6, 6.07) is 9.34. The first-order chi connectivity index (χ1) is 12.1. The fourth-order valence-corrected chi connectivity index (χ4v) is 2.43. The molecule has 1 aromatic carbocycles. The Morgan fingerprint density at radius 2 is 2.00 bits per heavy atom. The van der Waals surface area contributed by atoms with Gasteiger partial charge in [0.25, 0.3) is 0 Å². The largest absolute Gasteiger partial charge is 0.497 e. The van der Waals surface area contributed by atoms with Gasteiger partial charge in [0, 0.05) is 23.5 Å². The molecule has 0 radical (unpaired) electrons. The van der Waals surface area contributed by atoms with Gasteiger partial charge in [-0.1, -0.05) is 13.3 Å². The molecule has 2 heterocycles. The van der Waals surface area contributed by atoms with E-state index >= 15 is 0 Å². The van der Waals surface area contributed by atoms with Crippen LogP contribution in [0.3, 0.4) is 0 Å². The lowest BCUT2D eigenvalue weighted by atomic mass is 10.2. The van der Waals surface area contributed by atoms with Crippen molar-refractivity contribution in [2.24, 2.45) is 0 Å². The minimum absolute atomic E-state index is 0.0262. The van der Waals surface area contributed by atoms with Crippen LogP contribution in [0, 0.1) is 0 Å². The molecule has 7 nitrogen and oxygen atoms in total. The number of carbonyl (C=O) groups is 1. The quantitative estimate of drug-likeness (QED) is 0.743. The zero-order valence-corrected chi connectivity index (χ0v) is 14.0. The molecule has 128 valence electrons. The fraction of sp³-hybridized carbons (Fsp3) is 0.222. The molecule has 0 atom stereocenters. The van der Waals surface area contributed by atoms with Gasteiger partial charge in [0.2, 0.25) is 0 Å². The highest BCUT2D eigenvalue weighted by Gasteiger charge is 2.12. The van der Waals surface area contributed by atoms with Gasteiger partial charge >= 0.3 is 5.97 Å². The third-order valence-electron chi connectivity index (χ3n) is 3.69. The molecule has 0 aliphatic heterocycles. The summed E-state index contributed by atoms with van der Waals surface area (Å²) in [5.74, 6) is 0.852. The first kappa shape index (κ1) is 16.6. The normalized spacial score (nSPS) is 10.6. The molecule has 2 aromatic heterocycles. The van der Waals surface area contributed by atoms with Crippen molar-refractivity contribution in [1.82, 2.24) is 19.5 Å². The van der Waals surface area contributed by atoms with Gasteiger partial charge < -0.3 is 9.84 Å². The molecule has 1 N–H and O–H groups in total. The van der Waals surface area contributed by atoms with Crippen molar-refractivity contribution in [1.29, 1.82) is 0 Å². The van der Waals surface area contributed by atoms with Crippen LogP contribution in [0.1, 0.15) is 29.5 Å². The highest BCUT2D eigenvalue weighted by atomic mass is 16.5. The van der Waals surface area contributed by atoms with E-state index in [1.807, 2.05) is 30.3 Å². The molecule has 0 amide bonds. The van der Waals surface area contributed by atoms with Crippen LogP contribution in [0.25, 0.3) is 17.2 Å². The number of aryl methyl sites for hydroxylation is 1. The Morgan fingerprint density at radius 3 is 2.60 bits per heavy atom. The molecule has 3 aromatic rings. The molecule has 3 rings (SSSR count). The molecular weight excluding hydrogens is 320 g/mol. The Balaban J connectivity index is 2.05. The third kappa shape index (κ3) is 3.65. The summed E-state index contributed by atoms with van der Waals surface area (Å²) in [7, 11) is 1.62. The average molecular weight is 338 g/mol. The van der Waals surface area contributed by atoms with E-state index in [1.54, 1.807) is 11.7 Å². The Kier molecular flexibility index (Phi) is 4.74. The zero-order chi connectivity index (χ0) is 17.8. The second-order valence-electron chi connectivity index (χ2n) is 5.49. The van der Waals surface area contributed by atoms with E-state index < -0.39 is 5.97 Å². The number of carboxylic acid groups (broad SMARTS) is 1. The maximum absolute atomic E-state index is 11.0. The van der Waals surface area contributed by atoms with Crippen molar-refractivity contribution in [2.45, 2.75) is 19.8 Å². The van der Waals surface area contributed by atoms with Gasteiger partial charge in [-0.25, -0.2) is 19.7 Å². The van der Waals surface area contributed by atoms with Gasteiger partial charge in [0.1, 0.15) is 17.9 Å². The smallest absolute Gasteiger partial charge is 0.356 e. The monoisotopic (exact) mass is 338 g/mol. The molecule has 0 fully saturated rings. The van der Waals surface area contributed by atoms with E-state index in [9.17, 15) is 4.79 Å². The minimum Gasteiger partial charge on any atom is -0.497 e. The van der Waals surface area contributed by atoms with Crippen LogP contribution in [0.5, 0.6) is 5.75 Å². The van der Waals surface area contributed by atoms with E-state index in [1.165, 1.54) is 12.5 Å². The van der Waals surface area contributed by atoms with Crippen molar-refractivity contribution in [3.8, 4) is 23.0 Å². The van der Waals surface area contributed by atoms with Crippen molar-refractivity contribution < 1.29 is 14.6 Å². The maximum Gasteiger partial charge on any atom is 0.356 e. The summed E-state index contributed by atoms with van der Waals surface area (Å²) in [6.07, 6.45) is 4.64. The SMILES string of the molecule is CCCc1cc(-n2cnc(C(=O)O)c2)nc(-c2ccc(OC)cc2)n1. The topological polar surface area (TPSA) is 90.1 Å². The third-order valence-corrected chi connectivity index (χ3v) is 3.69. The van der Waals surface area contributed by atoms with Gasteiger partial charge in [-0.05, 0) is 30.7 Å². The summed E-state index contributed by atoms with van der Waals surface area (Å²) in [6.45, 7) is 2.08. The lowest BCUT2D eigenvalue weighted by molar-refractivity contribution is 0.0691. The number of methoxy groups -OCH3 is 1. The summed E-state index contributed by atoms with van der Waals surface area (Å²) >= 11 is 0. The number of benzene rings is 1. The number of aromatic carboxylic acids is 1. The molecule has 0 aliphatic carbocycles. The van der Waals surface area contributed by atoms with E-state index in [4.69, 9.17) is 9.84 Å². The molecule has 0 spiro atoms. The van der Waals surface area contributed by atoms with E-state index in [2.05, 4.69) is 21.9 Å². The van der Waals surface area contributed by atoms with E-state index in [-0.39, 0.29) is 5.69 Å². The number of aromatic nitrogens is 4. The van der Waals surface area contributed by atoms with Crippen molar-refractivity contribution in [2.75, 3.05) is 7.11 Å². The standard InChI is InChI=1S/C18H18N4O3/c1-3-4-13-9-16(22-10-15(18(23)24)19-11-22)21-17(20-13)12-5-7-14(25-2)8-6-12/h5-11H,3-4H2,1-2H3,(H,23,24). The summed E-state index contributed by atoms with van der Waals surface area (Å²) < 4.78 is 6.77. The molecule has 25 heavy (non-hydrogen) atoms.